The topological polar surface area (TPSA) is 47.1 Å². The van der Waals surface area contributed by atoms with Crippen molar-refractivity contribution in [3.8, 4) is 0 Å². The Labute approximate surface area is 91.1 Å². The minimum Gasteiger partial charge on any atom is -0.327 e. The lowest BCUT2D eigenvalue weighted by Gasteiger charge is -2.30. The average Bonchev–Trinajstić information content (AvgIpc) is 2.61. The standard InChI is InChI=1S/C11H20N4/c1-14-11(4-6-13-14)5-8-15-7-2-3-10(12)9-15/h4,6,10H,2-3,5,7-9,12H2,1H3. The third-order valence-corrected chi connectivity index (χ3v) is 3.15. The fourth-order valence-electron chi connectivity index (χ4n) is 2.21. The molecular formula is C11H20N4. The van der Waals surface area contributed by atoms with Crippen LogP contribution < -0.4 is 5.73 Å². The highest BCUT2D eigenvalue weighted by atomic mass is 15.3. The van der Waals surface area contributed by atoms with E-state index in [9.17, 15) is 0 Å². The molecule has 1 saturated heterocycles. The fourth-order valence-corrected chi connectivity index (χ4v) is 2.21. The van der Waals surface area contributed by atoms with E-state index in [0.29, 0.717) is 6.04 Å². The Morgan fingerprint density at radius 3 is 3.13 bits per heavy atom. The van der Waals surface area contributed by atoms with E-state index < -0.39 is 0 Å². The smallest absolute Gasteiger partial charge is 0.0492 e. The molecule has 1 fully saturated rings. The van der Waals surface area contributed by atoms with E-state index in [-0.39, 0.29) is 0 Å². The summed E-state index contributed by atoms with van der Waals surface area (Å²) in [5, 5.41) is 4.17. The summed E-state index contributed by atoms with van der Waals surface area (Å²) in [5.41, 5.74) is 7.24. The Balaban J connectivity index is 1.80. The van der Waals surface area contributed by atoms with Crippen LogP contribution in [0.15, 0.2) is 12.3 Å². The number of nitrogens with zero attached hydrogens (tertiary/aromatic N) is 3. The van der Waals surface area contributed by atoms with Gasteiger partial charge in [0, 0.05) is 44.5 Å². The van der Waals surface area contributed by atoms with E-state index in [0.717, 1.165) is 19.5 Å². The monoisotopic (exact) mass is 208 g/mol. The first kappa shape index (κ1) is 10.6. The summed E-state index contributed by atoms with van der Waals surface area (Å²) in [6.45, 7) is 3.36. The Bertz CT molecular complexity index is 307. The molecule has 1 atom stereocenters. The van der Waals surface area contributed by atoms with Crippen molar-refractivity contribution < 1.29 is 0 Å². The molecule has 0 aromatic carbocycles. The Morgan fingerprint density at radius 2 is 2.47 bits per heavy atom. The van der Waals surface area contributed by atoms with Crippen LogP contribution in [-0.2, 0) is 13.5 Å². The Kier molecular flexibility index (Phi) is 3.38. The van der Waals surface area contributed by atoms with Gasteiger partial charge < -0.3 is 10.6 Å². The maximum Gasteiger partial charge on any atom is 0.0492 e. The summed E-state index contributed by atoms with van der Waals surface area (Å²) >= 11 is 0. The first-order valence-corrected chi connectivity index (χ1v) is 5.70. The molecule has 2 heterocycles. The average molecular weight is 208 g/mol. The maximum absolute atomic E-state index is 5.94. The van der Waals surface area contributed by atoms with Gasteiger partial charge in [-0.3, -0.25) is 4.68 Å². The van der Waals surface area contributed by atoms with Gasteiger partial charge in [0.25, 0.3) is 0 Å². The molecular weight excluding hydrogens is 188 g/mol. The quantitative estimate of drug-likeness (QED) is 0.781. The minimum atomic E-state index is 0.380. The maximum atomic E-state index is 5.94. The van der Waals surface area contributed by atoms with Gasteiger partial charge in [0.1, 0.15) is 0 Å². The van der Waals surface area contributed by atoms with Crippen molar-refractivity contribution in [2.24, 2.45) is 12.8 Å². The second kappa shape index (κ2) is 4.77. The van der Waals surface area contributed by atoms with Crippen molar-refractivity contribution in [1.29, 1.82) is 0 Å². The van der Waals surface area contributed by atoms with Gasteiger partial charge in [-0.1, -0.05) is 0 Å². The van der Waals surface area contributed by atoms with Gasteiger partial charge in [-0.05, 0) is 25.5 Å². The SMILES string of the molecule is Cn1nccc1CCN1CCCC(N)C1. The highest BCUT2D eigenvalue weighted by Gasteiger charge is 2.16. The number of aryl methyl sites for hydroxylation is 1. The van der Waals surface area contributed by atoms with Crippen LogP contribution in [0.1, 0.15) is 18.5 Å². The molecule has 0 spiro atoms. The summed E-state index contributed by atoms with van der Waals surface area (Å²) in [4.78, 5) is 2.46. The number of hydrogen-bond acceptors (Lipinski definition) is 3. The summed E-state index contributed by atoms with van der Waals surface area (Å²) in [6, 6.07) is 2.47. The molecule has 15 heavy (non-hydrogen) atoms. The molecule has 0 bridgehead atoms. The molecule has 2 N–H and O–H groups in total. The molecule has 0 saturated carbocycles. The molecule has 1 aromatic heterocycles. The minimum absolute atomic E-state index is 0.380. The van der Waals surface area contributed by atoms with Crippen LogP contribution in [-0.4, -0.2) is 40.4 Å². The molecule has 1 aliphatic rings. The normalized spacial score (nSPS) is 23.2. The first-order chi connectivity index (χ1) is 7.25. The van der Waals surface area contributed by atoms with Crippen molar-refractivity contribution in [3.05, 3.63) is 18.0 Å². The molecule has 84 valence electrons. The summed E-state index contributed by atoms with van der Waals surface area (Å²) in [6.07, 6.45) is 5.36. The molecule has 0 amide bonds. The Hall–Kier alpha value is -0.870. The van der Waals surface area contributed by atoms with Crippen molar-refractivity contribution in [1.82, 2.24) is 14.7 Å². The number of rotatable bonds is 3. The molecule has 4 nitrogen and oxygen atoms in total. The van der Waals surface area contributed by atoms with Gasteiger partial charge in [0.05, 0.1) is 0 Å². The lowest BCUT2D eigenvalue weighted by molar-refractivity contribution is 0.210. The number of aromatic nitrogens is 2. The number of hydrogen-bond donors (Lipinski definition) is 1. The zero-order valence-electron chi connectivity index (χ0n) is 9.39. The number of nitrogens with two attached hydrogens (primary N) is 1. The molecule has 0 aliphatic carbocycles. The van der Waals surface area contributed by atoms with Crippen LogP contribution in [0.4, 0.5) is 0 Å². The van der Waals surface area contributed by atoms with Gasteiger partial charge in [0.15, 0.2) is 0 Å². The largest absolute Gasteiger partial charge is 0.327 e. The second-order valence-electron chi connectivity index (χ2n) is 4.40. The van der Waals surface area contributed by atoms with Crippen molar-refractivity contribution in [3.63, 3.8) is 0 Å². The van der Waals surface area contributed by atoms with Crippen molar-refractivity contribution in [2.45, 2.75) is 25.3 Å². The van der Waals surface area contributed by atoms with Gasteiger partial charge >= 0.3 is 0 Å². The third-order valence-electron chi connectivity index (χ3n) is 3.15. The van der Waals surface area contributed by atoms with Crippen LogP contribution >= 0.6 is 0 Å². The van der Waals surface area contributed by atoms with E-state index in [1.807, 2.05) is 17.9 Å². The predicted octanol–water partition coefficient (Wildman–Crippen LogP) is 0.386. The van der Waals surface area contributed by atoms with Crippen LogP contribution in [0.3, 0.4) is 0 Å². The molecule has 1 unspecified atom stereocenters. The third kappa shape index (κ3) is 2.79. The lowest BCUT2D eigenvalue weighted by atomic mass is 10.1. The lowest BCUT2D eigenvalue weighted by Crippen LogP contribution is -2.43. The summed E-state index contributed by atoms with van der Waals surface area (Å²) < 4.78 is 1.95. The summed E-state index contributed by atoms with van der Waals surface area (Å²) in [7, 11) is 2.00. The fraction of sp³-hybridized carbons (Fsp3) is 0.727. The van der Waals surface area contributed by atoms with Crippen molar-refractivity contribution in [2.75, 3.05) is 19.6 Å². The van der Waals surface area contributed by atoms with Crippen molar-refractivity contribution >= 4 is 0 Å². The number of likely N-dealkylation sites (tertiary alicyclic amines) is 1. The highest BCUT2D eigenvalue weighted by molar-refractivity contribution is 5.00. The van der Waals surface area contributed by atoms with Gasteiger partial charge in [0.2, 0.25) is 0 Å². The van der Waals surface area contributed by atoms with Crippen LogP contribution in [0.5, 0.6) is 0 Å². The van der Waals surface area contributed by atoms with E-state index in [1.165, 1.54) is 25.1 Å². The van der Waals surface area contributed by atoms with E-state index >= 15 is 0 Å². The second-order valence-corrected chi connectivity index (χ2v) is 4.40. The summed E-state index contributed by atoms with van der Waals surface area (Å²) in [5.74, 6) is 0. The van der Waals surface area contributed by atoms with E-state index in [1.54, 1.807) is 0 Å². The zero-order valence-corrected chi connectivity index (χ0v) is 9.39. The van der Waals surface area contributed by atoms with Gasteiger partial charge in [-0.15, -0.1) is 0 Å². The Morgan fingerprint density at radius 1 is 1.60 bits per heavy atom. The molecule has 1 aliphatic heterocycles. The first-order valence-electron chi connectivity index (χ1n) is 5.70. The molecule has 1 aromatic rings. The van der Waals surface area contributed by atoms with Crippen LogP contribution in [0.2, 0.25) is 0 Å². The number of piperidine rings is 1. The van der Waals surface area contributed by atoms with Crippen LogP contribution in [0, 0.1) is 0 Å². The highest BCUT2D eigenvalue weighted by Crippen LogP contribution is 2.09. The van der Waals surface area contributed by atoms with Crippen LogP contribution in [0.25, 0.3) is 0 Å². The zero-order chi connectivity index (χ0) is 10.7. The molecule has 2 rings (SSSR count). The van der Waals surface area contributed by atoms with E-state index in [4.69, 9.17) is 5.73 Å². The van der Waals surface area contributed by atoms with Gasteiger partial charge in [-0.2, -0.15) is 5.10 Å². The molecule has 0 radical (unpaired) electrons. The van der Waals surface area contributed by atoms with Gasteiger partial charge in [-0.25, -0.2) is 0 Å². The van der Waals surface area contributed by atoms with E-state index in [2.05, 4.69) is 16.1 Å². The molecule has 4 heteroatoms. The predicted molar refractivity (Wildman–Crippen MR) is 60.6 cm³/mol.